The third-order valence-corrected chi connectivity index (χ3v) is 5.83. The Labute approximate surface area is 227 Å². The molecule has 0 fully saturated rings. The molecule has 4 rings (SSSR count). The summed E-state index contributed by atoms with van der Waals surface area (Å²) in [6.07, 6.45) is -0.133. The minimum atomic E-state index is -0.868. The average molecular weight is 539 g/mol. The van der Waals surface area contributed by atoms with Crippen molar-refractivity contribution in [3.8, 4) is 17.4 Å². The van der Waals surface area contributed by atoms with Crippen LogP contribution in [0.25, 0.3) is 10.9 Å². The molecule has 0 aliphatic heterocycles. The highest BCUT2D eigenvalue weighted by Crippen LogP contribution is 2.31. The number of H-pyrrole nitrogens is 1. The van der Waals surface area contributed by atoms with Crippen LogP contribution in [0.1, 0.15) is 35.3 Å². The predicted molar refractivity (Wildman–Crippen MR) is 148 cm³/mol. The van der Waals surface area contributed by atoms with Gasteiger partial charge >= 0.3 is 6.16 Å². The van der Waals surface area contributed by atoms with Gasteiger partial charge in [0.25, 0.3) is 0 Å². The van der Waals surface area contributed by atoms with Crippen LogP contribution in [0, 0.1) is 0 Å². The topological polar surface area (TPSA) is 110 Å². The molecule has 0 amide bonds. The number of ether oxygens (including phenoxy) is 3. The third-order valence-electron chi connectivity index (χ3n) is 5.83. The summed E-state index contributed by atoms with van der Waals surface area (Å²) in [6.45, 7) is 4.48. The first kappa shape index (κ1) is 28.6. The number of carbonyl (C=O) groups excluding carboxylic acids is 2. The number of rotatable bonds is 11. The van der Waals surface area contributed by atoms with Crippen molar-refractivity contribution >= 4 is 35.2 Å². The van der Waals surface area contributed by atoms with Crippen molar-refractivity contribution in [1.29, 1.82) is 0 Å². The summed E-state index contributed by atoms with van der Waals surface area (Å²) in [6, 6.07) is 22.5. The van der Waals surface area contributed by atoms with E-state index in [9.17, 15) is 14.7 Å². The van der Waals surface area contributed by atoms with Crippen molar-refractivity contribution in [2.24, 2.45) is 0 Å². The standard InChI is InChI=1S/C29H30N2O6.ClH/c1-3-35-29(34)37-27-16-24-23(13-14-25(32)28(24)31-27)26(33)17-30-19(2)15-20-9-11-22(12-10-20)36-18-21-7-5-4-6-8-21;/h4-14,16,19,30-32H,3,15,17-18H2,1-2H3;1H. The molecule has 0 bridgehead atoms. The Morgan fingerprint density at radius 1 is 1.00 bits per heavy atom. The average Bonchev–Trinajstić information content (AvgIpc) is 3.32. The highest BCUT2D eigenvalue weighted by molar-refractivity contribution is 6.10. The second-order valence-electron chi connectivity index (χ2n) is 8.67. The monoisotopic (exact) mass is 538 g/mol. The van der Waals surface area contributed by atoms with Crippen molar-refractivity contribution in [3.63, 3.8) is 0 Å². The SMILES string of the molecule is CCOC(=O)Oc1cc2c(C(=O)CNC(C)Cc3ccc(OCc4ccccc4)cc3)ccc(O)c2[nH]1.Cl. The van der Waals surface area contributed by atoms with E-state index in [2.05, 4.69) is 10.3 Å². The first-order valence-electron chi connectivity index (χ1n) is 12.1. The van der Waals surface area contributed by atoms with Gasteiger partial charge in [0.05, 0.1) is 18.7 Å². The van der Waals surface area contributed by atoms with E-state index in [0.29, 0.717) is 23.1 Å². The largest absolute Gasteiger partial charge is 0.515 e. The highest BCUT2D eigenvalue weighted by Gasteiger charge is 2.18. The number of halogens is 1. The lowest BCUT2D eigenvalue weighted by atomic mass is 10.0. The van der Waals surface area contributed by atoms with Crippen LogP contribution in [0.2, 0.25) is 0 Å². The molecule has 1 unspecified atom stereocenters. The molecule has 0 radical (unpaired) electrons. The number of ketones is 1. The fourth-order valence-corrected chi connectivity index (χ4v) is 3.97. The van der Waals surface area contributed by atoms with E-state index in [4.69, 9.17) is 14.2 Å². The molecule has 3 aromatic carbocycles. The van der Waals surface area contributed by atoms with Gasteiger partial charge in [0, 0.05) is 23.1 Å². The second kappa shape index (κ2) is 13.5. The Kier molecular flexibility index (Phi) is 10.2. The smallest absolute Gasteiger partial charge is 0.506 e. The van der Waals surface area contributed by atoms with Crippen LogP contribution < -0.4 is 14.8 Å². The molecular weight excluding hydrogens is 508 g/mol. The lowest BCUT2D eigenvalue weighted by Gasteiger charge is -2.14. The van der Waals surface area contributed by atoms with E-state index in [1.165, 1.54) is 12.1 Å². The number of carbonyl (C=O) groups is 2. The number of hydrogen-bond donors (Lipinski definition) is 3. The van der Waals surface area contributed by atoms with Crippen molar-refractivity contribution < 1.29 is 28.9 Å². The van der Waals surface area contributed by atoms with Gasteiger partial charge in [-0.25, -0.2) is 4.79 Å². The van der Waals surface area contributed by atoms with E-state index in [-0.39, 0.29) is 49.0 Å². The third kappa shape index (κ3) is 7.50. The van der Waals surface area contributed by atoms with Crippen LogP contribution in [-0.4, -0.2) is 41.2 Å². The molecule has 1 atom stereocenters. The lowest BCUT2D eigenvalue weighted by Crippen LogP contribution is -2.33. The molecule has 0 saturated heterocycles. The molecule has 3 N–H and O–H groups in total. The number of fused-ring (bicyclic) bond motifs is 1. The van der Waals surface area contributed by atoms with Gasteiger partial charge in [-0.3, -0.25) is 4.79 Å². The molecule has 8 nitrogen and oxygen atoms in total. The van der Waals surface area contributed by atoms with Gasteiger partial charge in [0.2, 0.25) is 5.88 Å². The van der Waals surface area contributed by atoms with Gasteiger partial charge in [0.1, 0.15) is 18.1 Å². The second-order valence-corrected chi connectivity index (χ2v) is 8.67. The summed E-state index contributed by atoms with van der Waals surface area (Å²) in [5.41, 5.74) is 2.95. The minimum absolute atomic E-state index is 0. The Morgan fingerprint density at radius 2 is 1.74 bits per heavy atom. The fraction of sp³-hybridized carbons (Fsp3) is 0.241. The van der Waals surface area contributed by atoms with E-state index in [1.807, 2.05) is 61.5 Å². The lowest BCUT2D eigenvalue weighted by molar-refractivity contribution is 0.0988. The van der Waals surface area contributed by atoms with Crippen LogP contribution in [0.15, 0.2) is 72.8 Å². The summed E-state index contributed by atoms with van der Waals surface area (Å²) >= 11 is 0. The molecule has 9 heteroatoms. The Hall–Kier alpha value is -4.01. The number of phenolic OH excluding ortho intramolecular Hbond substituents is 1. The number of aromatic nitrogens is 1. The predicted octanol–water partition coefficient (Wildman–Crippen LogP) is 5.81. The van der Waals surface area contributed by atoms with Crippen molar-refractivity contribution in [2.75, 3.05) is 13.2 Å². The molecule has 1 aromatic heterocycles. The number of Topliss-reactive ketones (excluding diaryl/α,β-unsaturated/α-hetero) is 1. The zero-order chi connectivity index (χ0) is 26.2. The maximum Gasteiger partial charge on any atom is 0.515 e. The van der Waals surface area contributed by atoms with Crippen LogP contribution in [0.5, 0.6) is 17.4 Å². The summed E-state index contributed by atoms with van der Waals surface area (Å²) in [5.74, 6) is 0.685. The molecule has 0 aliphatic rings. The van der Waals surface area contributed by atoms with Gasteiger partial charge in [0.15, 0.2) is 5.78 Å². The molecular formula is C29H31ClN2O6. The quantitative estimate of drug-likeness (QED) is 0.163. The van der Waals surface area contributed by atoms with Crippen LogP contribution in [-0.2, 0) is 17.8 Å². The number of hydrogen-bond acceptors (Lipinski definition) is 7. The van der Waals surface area contributed by atoms with Gasteiger partial charge in [-0.05, 0) is 55.7 Å². The minimum Gasteiger partial charge on any atom is -0.506 e. The van der Waals surface area contributed by atoms with E-state index in [1.54, 1.807) is 13.0 Å². The molecule has 0 aliphatic carbocycles. The Morgan fingerprint density at radius 3 is 2.45 bits per heavy atom. The molecule has 0 saturated carbocycles. The van der Waals surface area contributed by atoms with Gasteiger partial charge in [-0.1, -0.05) is 42.5 Å². The Balaban J connectivity index is 0.00000400. The summed E-state index contributed by atoms with van der Waals surface area (Å²) in [5, 5.41) is 13.9. The van der Waals surface area contributed by atoms with Gasteiger partial charge in [-0.15, -0.1) is 12.4 Å². The molecule has 4 aromatic rings. The van der Waals surface area contributed by atoms with Crippen LogP contribution >= 0.6 is 12.4 Å². The maximum atomic E-state index is 13.0. The first-order chi connectivity index (χ1) is 17.9. The molecule has 0 spiro atoms. The normalized spacial score (nSPS) is 11.4. The number of aromatic hydroxyl groups is 1. The van der Waals surface area contributed by atoms with Gasteiger partial charge in [-0.2, -0.15) is 0 Å². The van der Waals surface area contributed by atoms with E-state index >= 15 is 0 Å². The van der Waals surface area contributed by atoms with Crippen molar-refractivity contribution in [1.82, 2.24) is 10.3 Å². The van der Waals surface area contributed by atoms with Crippen molar-refractivity contribution in [3.05, 3.63) is 89.5 Å². The zero-order valence-electron chi connectivity index (χ0n) is 21.2. The van der Waals surface area contributed by atoms with Crippen LogP contribution in [0.4, 0.5) is 4.79 Å². The van der Waals surface area contributed by atoms with E-state index < -0.39 is 6.16 Å². The fourth-order valence-electron chi connectivity index (χ4n) is 3.97. The summed E-state index contributed by atoms with van der Waals surface area (Å²) < 4.78 is 15.7. The first-order valence-corrected chi connectivity index (χ1v) is 12.1. The number of benzene rings is 3. The maximum absolute atomic E-state index is 13.0. The molecule has 200 valence electrons. The van der Waals surface area contributed by atoms with Gasteiger partial charge < -0.3 is 29.6 Å². The highest BCUT2D eigenvalue weighted by atomic mass is 35.5. The molecule has 1 heterocycles. The Bertz CT molecular complexity index is 1360. The number of phenols is 1. The summed E-state index contributed by atoms with van der Waals surface area (Å²) in [7, 11) is 0. The zero-order valence-corrected chi connectivity index (χ0v) is 22.0. The number of nitrogens with one attached hydrogen (secondary N) is 2. The summed E-state index contributed by atoms with van der Waals surface area (Å²) in [4.78, 5) is 27.4. The van der Waals surface area contributed by atoms with Crippen LogP contribution in [0.3, 0.4) is 0 Å². The molecule has 38 heavy (non-hydrogen) atoms. The van der Waals surface area contributed by atoms with Crippen molar-refractivity contribution in [2.45, 2.75) is 32.9 Å². The number of aromatic amines is 1. The van der Waals surface area contributed by atoms with E-state index in [0.717, 1.165) is 23.3 Å².